The number of amides is 2. The molecule has 1 aromatic carbocycles. The Balaban J connectivity index is 1.10. The van der Waals surface area contributed by atoms with Crippen LogP contribution in [-0.4, -0.2) is 71.3 Å². The van der Waals surface area contributed by atoms with Crippen molar-refractivity contribution in [2.24, 2.45) is 0 Å². The molecule has 15 heteroatoms. The molecular formula is C28H29F2N9O4. The molecule has 5 heterocycles. The van der Waals surface area contributed by atoms with E-state index in [2.05, 4.69) is 36.1 Å². The van der Waals surface area contributed by atoms with Crippen LogP contribution in [0.1, 0.15) is 51.6 Å². The van der Waals surface area contributed by atoms with E-state index in [1.165, 1.54) is 6.20 Å². The summed E-state index contributed by atoms with van der Waals surface area (Å²) in [6.45, 7) is 6.59. The number of rotatable bonds is 5. The maximum absolute atomic E-state index is 13.2. The van der Waals surface area contributed by atoms with Gasteiger partial charge in [0.25, 0.3) is 5.89 Å². The number of ether oxygens (including phenoxy) is 1. The molecule has 0 atom stereocenters. The van der Waals surface area contributed by atoms with Gasteiger partial charge >= 0.3 is 12.5 Å². The van der Waals surface area contributed by atoms with Crippen LogP contribution in [0.25, 0.3) is 22.7 Å². The molecule has 4 aromatic rings. The number of aromatic nitrogens is 6. The molecule has 1 fully saturated rings. The van der Waals surface area contributed by atoms with Crippen molar-refractivity contribution < 1.29 is 27.5 Å². The van der Waals surface area contributed by atoms with Crippen LogP contribution in [0, 0.1) is 0 Å². The van der Waals surface area contributed by atoms with Gasteiger partial charge in [-0.1, -0.05) is 11.3 Å². The van der Waals surface area contributed by atoms with Crippen molar-refractivity contribution in [3.05, 3.63) is 54.3 Å². The molecule has 224 valence electrons. The van der Waals surface area contributed by atoms with E-state index in [-0.39, 0.29) is 17.9 Å². The number of alkyl halides is 2. The number of anilines is 2. The number of halogens is 2. The van der Waals surface area contributed by atoms with Crippen LogP contribution in [-0.2, 0) is 16.1 Å². The molecule has 0 radical (unpaired) electrons. The number of pyridine rings is 1. The van der Waals surface area contributed by atoms with Crippen LogP contribution < -0.4 is 10.6 Å². The minimum atomic E-state index is -2.84. The van der Waals surface area contributed by atoms with Gasteiger partial charge in [0.1, 0.15) is 16.8 Å². The zero-order chi connectivity index (χ0) is 30.4. The first-order chi connectivity index (χ1) is 20.5. The maximum Gasteiger partial charge on any atom is 0.410 e. The highest BCUT2D eigenvalue weighted by atomic mass is 19.3. The van der Waals surface area contributed by atoms with Gasteiger partial charge in [-0.25, -0.2) is 9.48 Å². The lowest BCUT2D eigenvalue weighted by molar-refractivity contribution is -0.122. The van der Waals surface area contributed by atoms with E-state index in [1.54, 1.807) is 27.9 Å². The highest BCUT2D eigenvalue weighted by molar-refractivity contribution is 6.06. The van der Waals surface area contributed by atoms with Gasteiger partial charge in [0.2, 0.25) is 11.8 Å². The van der Waals surface area contributed by atoms with Crippen molar-refractivity contribution in [1.29, 1.82) is 0 Å². The number of carbonyl (C=O) groups excluding carboxylic acids is 2. The second kappa shape index (κ2) is 10.7. The van der Waals surface area contributed by atoms with Gasteiger partial charge in [-0.15, -0.1) is 15.3 Å². The van der Waals surface area contributed by atoms with Gasteiger partial charge in [0, 0.05) is 24.8 Å². The molecular weight excluding hydrogens is 564 g/mol. The summed E-state index contributed by atoms with van der Waals surface area (Å²) in [5, 5.41) is 21.8. The summed E-state index contributed by atoms with van der Waals surface area (Å²) < 4.78 is 37.5. The molecule has 6 rings (SSSR count). The van der Waals surface area contributed by atoms with Crippen LogP contribution in [0.15, 0.2) is 47.1 Å². The Labute approximate surface area is 244 Å². The fourth-order valence-corrected chi connectivity index (χ4v) is 4.98. The minimum absolute atomic E-state index is 0.0384. The summed E-state index contributed by atoms with van der Waals surface area (Å²) in [7, 11) is 0. The lowest BCUT2D eigenvalue weighted by Gasteiger charge is -2.44. The van der Waals surface area contributed by atoms with Crippen LogP contribution >= 0.6 is 0 Å². The van der Waals surface area contributed by atoms with Crippen LogP contribution in [0.4, 0.5) is 25.0 Å². The molecule has 43 heavy (non-hydrogen) atoms. The Kier molecular flexibility index (Phi) is 7.02. The van der Waals surface area contributed by atoms with Crippen molar-refractivity contribution >= 4 is 23.4 Å². The monoisotopic (exact) mass is 593 g/mol. The summed E-state index contributed by atoms with van der Waals surface area (Å²) >= 11 is 0. The normalized spacial score (nSPS) is 16.1. The standard InChI is InChI=1S/C28H29F2N9O4/c1-27(2,3)43-26(41)38-10-8-28(9-11-38)25(40)32-20-12-16(5-7-19(20)33-28)21-15-39(37-34-21)14-18-6-4-17(13-31-18)23-35-36-24(42-23)22(29)30/h4-7,12-13,15,22,33H,8-11,14H2,1-3H3,(H,32,40). The number of hydrogen-bond donors (Lipinski definition) is 2. The average molecular weight is 594 g/mol. The second-order valence-electron chi connectivity index (χ2n) is 11.5. The van der Waals surface area contributed by atoms with E-state index < -0.39 is 23.5 Å². The average Bonchev–Trinajstić information content (AvgIpc) is 3.64. The van der Waals surface area contributed by atoms with E-state index in [0.717, 1.165) is 11.3 Å². The molecule has 2 aliphatic rings. The van der Waals surface area contributed by atoms with Crippen molar-refractivity contribution in [3.8, 4) is 22.7 Å². The lowest BCUT2D eigenvalue weighted by Crippen LogP contribution is -2.59. The predicted octanol–water partition coefficient (Wildman–Crippen LogP) is 4.51. The summed E-state index contributed by atoms with van der Waals surface area (Å²) in [6.07, 6.45) is 0.908. The van der Waals surface area contributed by atoms with Crippen molar-refractivity contribution in [3.63, 3.8) is 0 Å². The van der Waals surface area contributed by atoms with Gasteiger partial charge < -0.3 is 24.7 Å². The zero-order valence-corrected chi connectivity index (χ0v) is 23.7. The van der Waals surface area contributed by atoms with Crippen LogP contribution in [0.2, 0.25) is 0 Å². The van der Waals surface area contributed by atoms with Crippen molar-refractivity contribution in [2.75, 3.05) is 23.7 Å². The number of likely N-dealkylation sites (tertiary alicyclic amines) is 1. The third kappa shape index (κ3) is 5.87. The van der Waals surface area contributed by atoms with Gasteiger partial charge in [0.15, 0.2) is 0 Å². The molecule has 1 saturated heterocycles. The van der Waals surface area contributed by atoms with Gasteiger partial charge in [0.05, 0.1) is 35.4 Å². The Morgan fingerprint density at radius 2 is 1.86 bits per heavy atom. The Morgan fingerprint density at radius 3 is 2.53 bits per heavy atom. The number of benzene rings is 1. The van der Waals surface area contributed by atoms with Crippen molar-refractivity contribution in [2.45, 2.75) is 57.7 Å². The third-order valence-corrected chi connectivity index (χ3v) is 7.20. The number of hydrogen-bond acceptors (Lipinski definition) is 10. The first kappa shape index (κ1) is 28.2. The maximum atomic E-state index is 13.2. The van der Waals surface area contributed by atoms with Crippen LogP contribution in [0.5, 0.6) is 0 Å². The topological polar surface area (TPSA) is 153 Å². The largest absolute Gasteiger partial charge is 0.444 e. The molecule has 0 aliphatic carbocycles. The smallest absolute Gasteiger partial charge is 0.410 e. The minimum Gasteiger partial charge on any atom is -0.444 e. The number of fused-ring (bicyclic) bond motifs is 1. The summed E-state index contributed by atoms with van der Waals surface area (Å²) in [4.78, 5) is 31.7. The van der Waals surface area contributed by atoms with E-state index in [4.69, 9.17) is 9.15 Å². The summed E-state index contributed by atoms with van der Waals surface area (Å²) in [5.74, 6) is -0.930. The van der Waals surface area contributed by atoms with Crippen LogP contribution in [0.3, 0.4) is 0 Å². The first-order valence-electron chi connectivity index (χ1n) is 13.7. The van der Waals surface area contributed by atoms with E-state index in [9.17, 15) is 18.4 Å². The predicted molar refractivity (Wildman–Crippen MR) is 149 cm³/mol. The van der Waals surface area contributed by atoms with Gasteiger partial charge in [-0.3, -0.25) is 9.78 Å². The zero-order valence-electron chi connectivity index (χ0n) is 23.7. The highest BCUT2D eigenvalue weighted by Gasteiger charge is 2.45. The molecule has 0 unspecified atom stereocenters. The fraction of sp³-hybridized carbons (Fsp3) is 0.393. The SMILES string of the molecule is CC(C)(C)OC(=O)N1CCC2(CC1)Nc1ccc(-c3cn(Cc4ccc(-c5nnc(C(F)F)o5)cn4)nn3)cc1NC2=O. The highest BCUT2D eigenvalue weighted by Crippen LogP contribution is 2.38. The van der Waals surface area contributed by atoms with Gasteiger partial charge in [-0.05, 0) is 57.9 Å². The first-order valence-corrected chi connectivity index (χ1v) is 13.7. The number of carbonyl (C=O) groups is 2. The molecule has 2 N–H and O–H groups in total. The molecule has 2 aliphatic heterocycles. The number of nitrogens with one attached hydrogen (secondary N) is 2. The molecule has 0 bridgehead atoms. The molecule has 2 amide bonds. The van der Waals surface area contributed by atoms with E-state index in [1.807, 2.05) is 39.0 Å². The van der Waals surface area contributed by atoms with Gasteiger partial charge in [-0.2, -0.15) is 8.78 Å². The van der Waals surface area contributed by atoms with E-state index in [0.29, 0.717) is 55.1 Å². The molecule has 13 nitrogen and oxygen atoms in total. The molecule has 0 saturated carbocycles. The number of piperidine rings is 1. The third-order valence-electron chi connectivity index (χ3n) is 7.20. The second-order valence-corrected chi connectivity index (χ2v) is 11.5. The molecule has 3 aromatic heterocycles. The Bertz CT molecular complexity index is 1660. The molecule has 1 spiro atoms. The Hall–Kier alpha value is -4.95. The summed E-state index contributed by atoms with van der Waals surface area (Å²) in [5.41, 5.74) is 2.45. The van der Waals surface area contributed by atoms with E-state index >= 15 is 0 Å². The Morgan fingerprint density at radius 1 is 1.09 bits per heavy atom. The quantitative estimate of drug-likeness (QED) is 0.338. The summed E-state index contributed by atoms with van der Waals surface area (Å²) in [6, 6.07) is 8.98. The fourth-order valence-electron chi connectivity index (χ4n) is 4.98. The van der Waals surface area contributed by atoms with Crippen molar-refractivity contribution in [1.82, 2.24) is 35.1 Å². The lowest BCUT2D eigenvalue weighted by atomic mass is 9.84. The number of nitrogens with zero attached hydrogens (tertiary/aromatic N) is 7.